The Kier molecular flexibility index (Phi) is 5.49. The average molecular weight is 414 g/mol. The van der Waals surface area contributed by atoms with E-state index in [9.17, 15) is 9.59 Å². The Bertz CT molecular complexity index is 1290. The number of para-hydroxylation sites is 2. The van der Waals surface area contributed by atoms with Crippen LogP contribution in [0.15, 0.2) is 60.8 Å². The van der Waals surface area contributed by atoms with Crippen molar-refractivity contribution in [3.05, 3.63) is 83.3 Å². The van der Waals surface area contributed by atoms with Gasteiger partial charge < -0.3 is 10.1 Å². The first kappa shape index (κ1) is 20.3. The Morgan fingerprint density at radius 1 is 1.06 bits per heavy atom. The molecular formula is C24H22N4O3. The van der Waals surface area contributed by atoms with E-state index in [4.69, 9.17) is 4.74 Å². The van der Waals surface area contributed by atoms with Gasteiger partial charge in [-0.05, 0) is 56.7 Å². The van der Waals surface area contributed by atoms with Gasteiger partial charge in [-0.2, -0.15) is 5.10 Å². The maximum atomic E-state index is 13.1. The number of anilines is 1. The summed E-state index contributed by atoms with van der Waals surface area (Å²) in [7, 11) is 0. The molecule has 0 bridgehead atoms. The van der Waals surface area contributed by atoms with Crippen molar-refractivity contribution in [3.63, 3.8) is 0 Å². The molecule has 7 nitrogen and oxygen atoms in total. The highest BCUT2D eigenvalue weighted by molar-refractivity contribution is 6.07. The monoisotopic (exact) mass is 414 g/mol. The van der Waals surface area contributed by atoms with Crippen LogP contribution in [0.2, 0.25) is 0 Å². The molecule has 4 aromatic rings. The summed E-state index contributed by atoms with van der Waals surface area (Å²) in [6.07, 6.45) is 1.66. The first-order valence-electron chi connectivity index (χ1n) is 9.98. The molecule has 0 aliphatic carbocycles. The second-order valence-corrected chi connectivity index (χ2v) is 7.15. The van der Waals surface area contributed by atoms with Crippen molar-refractivity contribution in [3.8, 4) is 5.69 Å². The van der Waals surface area contributed by atoms with Crippen molar-refractivity contribution >= 4 is 28.5 Å². The Morgan fingerprint density at radius 3 is 2.68 bits per heavy atom. The number of esters is 1. The van der Waals surface area contributed by atoms with Gasteiger partial charge in [0.15, 0.2) is 5.69 Å². The number of hydrogen-bond donors (Lipinski definition) is 1. The molecule has 1 N–H and O–H groups in total. The van der Waals surface area contributed by atoms with Crippen molar-refractivity contribution in [1.82, 2.24) is 14.8 Å². The molecule has 7 heteroatoms. The Morgan fingerprint density at radius 2 is 1.87 bits per heavy atom. The fraction of sp³-hybridized carbons (Fsp3) is 0.167. The highest BCUT2D eigenvalue weighted by atomic mass is 16.5. The summed E-state index contributed by atoms with van der Waals surface area (Å²) >= 11 is 0. The maximum Gasteiger partial charge on any atom is 0.358 e. The fourth-order valence-electron chi connectivity index (χ4n) is 3.34. The first-order chi connectivity index (χ1) is 15.0. The number of carbonyl (C=O) groups is 2. The van der Waals surface area contributed by atoms with E-state index < -0.39 is 5.97 Å². The largest absolute Gasteiger partial charge is 0.461 e. The third-order valence-electron chi connectivity index (χ3n) is 4.88. The van der Waals surface area contributed by atoms with E-state index in [1.165, 1.54) is 4.68 Å². The molecule has 2 aromatic carbocycles. The summed E-state index contributed by atoms with van der Waals surface area (Å²) in [4.78, 5) is 29.6. The number of hydrogen-bond acceptors (Lipinski definition) is 5. The summed E-state index contributed by atoms with van der Waals surface area (Å²) in [5.41, 5.74) is 4.52. The molecule has 2 heterocycles. The summed E-state index contributed by atoms with van der Waals surface area (Å²) in [6, 6.07) is 16.6. The lowest BCUT2D eigenvalue weighted by molar-refractivity contribution is 0.0518. The van der Waals surface area contributed by atoms with Gasteiger partial charge in [0.05, 0.1) is 34.8 Å². The van der Waals surface area contributed by atoms with E-state index in [2.05, 4.69) is 15.4 Å². The van der Waals surface area contributed by atoms with E-state index in [0.717, 1.165) is 16.5 Å². The molecule has 4 rings (SSSR count). The molecule has 0 aliphatic heterocycles. The number of nitrogens with one attached hydrogen (secondary N) is 1. The molecule has 0 unspecified atom stereocenters. The van der Waals surface area contributed by atoms with Gasteiger partial charge in [-0.25, -0.2) is 9.48 Å². The van der Waals surface area contributed by atoms with E-state index >= 15 is 0 Å². The lowest BCUT2D eigenvalue weighted by atomic mass is 10.1. The second kappa shape index (κ2) is 8.39. The molecule has 0 saturated heterocycles. The number of aryl methyl sites for hydroxylation is 2. The average Bonchev–Trinajstić information content (AvgIpc) is 3.24. The quantitative estimate of drug-likeness (QED) is 0.487. The lowest BCUT2D eigenvalue weighted by Crippen LogP contribution is -2.16. The second-order valence-electron chi connectivity index (χ2n) is 7.15. The Labute approximate surface area is 179 Å². The zero-order valence-corrected chi connectivity index (χ0v) is 17.5. The normalized spacial score (nSPS) is 10.8. The van der Waals surface area contributed by atoms with Gasteiger partial charge in [-0.1, -0.05) is 24.3 Å². The molecule has 0 saturated carbocycles. The molecule has 0 atom stereocenters. The van der Waals surface area contributed by atoms with Crippen molar-refractivity contribution < 1.29 is 14.3 Å². The van der Waals surface area contributed by atoms with Crippen LogP contribution in [0.1, 0.15) is 39.0 Å². The van der Waals surface area contributed by atoms with Crippen molar-refractivity contribution in [2.75, 3.05) is 11.9 Å². The van der Waals surface area contributed by atoms with Crippen LogP contribution in [0.3, 0.4) is 0 Å². The van der Waals surface area contributed by atoms with Crippen LogP contribution < -0.4 is 5.32 Å². The fourth-order valence-corrected chi connectivity index (χ4v) is 3.34. The van der Waals surface area contributed by atoms with Crippen LogP contribution >= 0.6 is 0 Å². The van der Waals surface area contributed by atoms with Gasteiger partial charge in [0.25, 0.3) is 5.91 Å². The zero-order valence-electron chi connectivity index (χ0n) is 17.5. The molecule has 0 aliphatic rings. The summed E-state index contributed by atoms with van der Waals surface area (Å²) in [6.45, 7) is 5.85. The highest BCUT2D eigenvalue weighted by Crippen LogP contribution is 2.23. The summed E-state index contributed by atoms with van der Waals surface area (Å²) < 4.78 is 6.53. The highest BCUT2D eigenvalue weighted by Gasteiger charge is 2.16. The number of benzene rings is 2. The van der Waals surface area contributed by atoms with Crippen LogP contribution in [0, 0.1) is 13.8 Å². The molecule has 0 fully saturated rings. The molecule has 0 spiro atoms. The number of carbonyl (C=O) groups excluding carboxylic acids is 2. The minimum Gasteiger partial charge on any atom is -0.461 e. The predicted molar refractivity (Wildman–Crippen MR) is 119 cm³/mol. The van der Waals surface area contributed by atoms with Gasteiger partial charge >= 0.3 is 5.97 Å². The third-order valence-corrected chi connectivity index (χ3v) is 4.88. The topological polar surface area (TPSA) is 86.1 Å². The summed E-state index contributed by atoms with van der Waals surface area (Å²) in [5.74, 6) is -0.756. The number of fused-ring (bicyclic) bond motifs is 1. The van der Waals surface area contributed by atoms with Crippen molar-refractivity contribution in [2.45, 2.75) is 20.8 Å². The number of aromatic nitrogens is 3. The number of amides is 1. The minimum atomic E-state index is -0.490. The van der Waals surface area contributed by atoms with Gasteiger partial charge in [0, 0.05) is 11.6 Å². The number of nitrogens with zero attached hydrogens (tertiary/aromatic N) is 3. The smallest absolute Gasteiger partial charge is 0.358 e. The van der Waals surface area contributed by atoms with Gasteiger partial charge in [0.1, 0.15) is 0 Å². The van der Waals surface area contributed by atoms with Crippen LogP contribution in [-0.2, 0) is 4.74 Å². The summed E-state index contributed by atoms with van der Waals surface area (Å²) in [5, 5.41) is 8.14. The SMILES string of the molecule is CCOC(=O)c1ccn(-c2ccccc2NC(=O)c2cc3ccc(C)cc3nc2C)n1. The van der Waals surface area contributed by atoms with Gasteiger partial charge in [-0.15, -0.1) is 0 Å². The lowest BCUT2D eigenvalue weighted by Gasteiger charge is -2.13. The van der Waals surface area contributed by atoms with E-state index in [1.807, 2.05) is 56.3 Å². The van der Waals surface area contributed by atoms with Crippen LogP contribution in [0.4, 0.5) is 5.69 Å². The Balaban J connectivity index is 1.64. The molecule has 1 amide bonds. The number of pyridine rings is 1. The van der Waals surface area contributed by atoms with Crippen LogP contribution in [0.25, 0.3) is 16.6 Å². The van der Waals surface area contributed by atoms with Crippen molar-refractivity contribution in [2.24, 2.45) is 0 Å². The Hall–Kier alpha value is -4.00. The molecular weight excluding hydrogens is 392 g/mol. The minimum absolute atomic E-state index is 0.202. The van der Waals surface area contributed by atoms with Crippen LogP contribution in [0.5, 0.6) is 0 Å². The first-order valence-corrected chi connectivity index (χ1v) is 9.98. The predicted octanol–water partition coefficient (Wildman–Crippen LogP) is 4.47. The number of ether oxygens (including phenoxy) is 1. The zero-order chi connectivity index (χ0) is 22.0. The molecule has 0 radical (unpaired) electrons. The molecule has 2 aromatic heterocycles. The molecule has 31 heavy (non-hydrogen) atoms. The van der Waals surface area contributed by atoms with Gasteiger partial charge in [0.2, 0.25) is 0 Å². The molecule has 156 valence electrons. The maximum absolute atomic E-state index is 13.1. The van der Waals surface area contributed by atoms with E-state index in [-0.39, 0.29) is 18.2 Å². The standard InChI is InChI=1S/C24H22N4O3/c1-4-31-24(30)20-11-12-28(27-20)22-8-6-5-7-19(22)26-23(29)18-14-17-10-9-15(2)13-21(17)25-16(18)3/h5-14H,4H2,1-3H3,(H,26,29). The van der Waals surface area contributed by atoms with E-state index in [0.29, 0.717) is 22.6 Å². The van der Waals surface area contributed by atoms with Gasteiger partial charge in [-0.3, -0.25) is 9.78 Å². The number of rotatable bonds is 5. The van der Waals surface area contributed by atoms with E-state index in [1.54, 1.807) is 25.3 Å². The third kappa shape index (κ3) is 4.16. The van der Waals surface area contributed by atoms with Crippen molar-refractivity contribution in [1.29, 1.82) is 0 Å². The van der Waals surface area contributed by atoms with Crippen LogP contribution in [-0.4, -0.2) is 33.2 Å².